The van der Waals surface area contributed by atoms with Crippen molar-refractivity contribution in [3.8, 4) is 6.07 Å². The number of piperazine rings is 1. The van der Waals surface area contributed by atoms with Crippen molar-refractivity contribution in [2.75, 3.05) is 26.2 Å². The molecule has 0 radical (unpaired) electrons. The van der Waals surface area contributed by atoms with Gasteiger partial charge in [0.15, 0.2) is 5.58 Å². The Balaban J connectivity index is 1.45. The largest absolute Gasteiger partial charge is 0.439 e. The van der Waals surface area contributed by atoms with E-state index in [4.69, 9.17) is 9.68 Å². The summed E-state index contributed by atoms with van der Waals surface area (Å²) in [6.45, 7) is 4.00. The Morgan fingerprint density at radius 1 is 1.07 bits per heavy atom. The zero-order valence-corrected chi connectivity index (χ0v) is 16.3. The number of aromatic nitrogens is 1. The lowest BCUT2D eigenvalue weighted by Gasteiger charge is -2.36. The second kappa shape index (κ2) is 7.36. The number of benzene rings is 2. The van der Waals surface area contributed by atoms with E-state index in [1.54, 1.807) is 0 Å². The van der Waals surface area contributed by atoms with Crippen LogP contribution in [0, 0.1) is 11.3 Å². The van der Waals surface area contributed by atoms with Gasteiger partial charge in [-0.15, -0.1) is 0 Å². The summed E-state index contributed by atoms with van der Waals surface area (Å²) in [6.07, 6.45) is 0. The topological polar surface area (TPSA) is 90.4 Å². The second-order valence-corrected chi connectivity index (χ2v) is 8.71. The zero-order valence-electron chi connectivity index (χ0n) is 15.4. The fourth-order valence-electron chi connectivity index (χ4n) is 3.41. The lowest BCUT2D eigenvalue weighted by Crippen LogP contribution is -2.49. The first-order valence-electron chi connectivity index (χ1n) is 9.09. The summed E-state index contributed by atoms with van der Waals surface area (Å²) in [4.78, 5) is 6.94. The number of fused-ring (bicyclic) bond motifs is 1. The van der Waals surface area contributed by atoms with Gasteiger partial charge in [0.25, 0.3) is 0 Å². The fourth-order valence-corrected chi connectivity index (χ4v) is 4.83. The molecule has 0 amide bonds. The molecule has 2 heterocycles. The maximum Gasteiger partial charge on any atom is 0.243 e. The van der Waals surface area contributed by atoms with E-state index in [-0.39, 0.29) is 10.9 Å². The summed E-state index contributed by atoms with van der Waals surface area (Å²) in [6, 6.07) is 15.6. The third-order valence-corrected chi connectivity index (χ3v) is 7.02. The van der Waals surface area contributed by atoms with Crippen molar-refractivity contribution in [3.63, 3.8) is 0 Å². The number of nitriles is 1. The van der Waals surface area contributed by atoms with Crippen molar-refractivity contribution in [3.05, 3.63) is 60.0 Å². The Labute approximate surface area is 163 Å². The van der Waals surface area contributed by atoms with Gasteiger partial charge in [0.05, 0.1) is 22.6 Å². The van der Waals surface area contributed by atoms with Gasteiger partial charge < -0.3 is 4.42 Å². The molecule has 1 unspecified atom stereocenters. The van der Waals surface area contributed by atoms with Gasteiger partial charge >= 0.3 is 0 Å². The van der Waals surface area contributed by atoms with Crippen molar-refractivity contribution in [2.24, 2.45) is 0 Å². The number of para-hydroxylation sites is 2. The molecule has 0 aliphatic carbocycles. The molecule has 1 aliphatic rings. The van der Waals surface area contributed by atoms with E-state index in [1.807, 2.05) is 37.3 Å². The molecule has 0 bridgehead atoms. The van der Waals surface area contributed by atoms with Gasteiger partial charge in [0.2, 0.25) is 15.9 Å². The highest BCUT2D eigenvalue weighted by molar-refractivity contribution is 7.89. The third-order valence-electron chi connectivity index (χ3n) is 5.11. The van der Waals surface area contributed by atoms with Gasteiger partial charge in [-0.1, -0.05) is 12.1 Å². The van der Waals surface area contributed by atoms with Crippen LogP contribution < -0.4 is 0 Å². The molecule has 0 N–H and O–H groups in total. The van der Waals surface area contributed by atoms with Gasteiger partial charge in [-0.05, 0) is 43.3 Å². The van der Waals surface area contributed by atoms with Gasteiger partial charge in [0, 0.05) is 26.2 Å². The maximum atomic E-state index is 12.8. The molecule has 1 aromatic heterocycles. The van der Waals surface area contributed by atoms with Crippen LogP contribution in [-0.4, -0.2) is 48.8 Å². The van der Waals surface area contributed by atoms with Gasteiger partial charge in [-0.25, -0.2) is 13.4 Å². The van der Waals surface area contributed by atoms with E-state index in [0.717, 1.165) is 11.1 Å². The Morgan fingerprint density at radius 2 is 1.75 bits per heavy atom. The molecule has 1 atom stereocenters. The summed E-state index contributed by atoms with van der Waals surface area (Å²) in [5.41, 5.74) is 2.02. The van der Waals surface area contributed by atoms with Crippen LogP contribution in [0.2, 0.25) is 0 Å². The maximum absolute atomic E-state index is 12.8. The number of hydrogen-bond donors (Lipinski definition) is 0. The summed E-state index contributed by atoms with van der Waals surface area (Å²) in [7, 11) is -3.56. The predicted octanol–water partition coefficient (Wildman–Crippen LogP) is 2.77. The molecule has 4 rings (SSSR count). The van der Waals surface area contributed by atoms with Crippen molar-refractivity contribution in [2.45, 2.75) is 17.9 Å². The monoisotopic (exact) mass is 396 g/mol. The second-order valence-electron chi connectivity index (χ2n) is 6.77. The van der Waals surface area contributed by atoms with Crippen molar-refractivity contribution in [1.29, 1.82) is 5.26 Å². The molecular formula is C20H20N4O3S. The SMILES string of the molecule is CC(c1nc2ccccc2o1)N1CCN(S(=O)(=O)c2ccc(C#N)cc2)CC1. The minimum atomic E-state index is -3.56. The van der Waals surface area contributed by atoms with E-state index in [2.05, 4.69) is 9.88 Å². The predicted molar refractivity (Wildman–Crippen MR) is 104 cm³/mol. The molecule has 144 valence electrons. The highest BCUT2D eigenvalue weighted by Crippen LogP contribution is 2.26. The van der Waals surface area contributed by atoms with Crippen LogP contribution in [0.25, 0.3) is 11.1 Å². The number of hydrogen-bond acceptors (Lipinski definition) is 6. The average molecular weight is 396 g/mol. The van der Waals surface area contributed by atoms with E-state index in [9.17, 15) is 8.42 Å². The summed E-state index contributed by atoms with van der Waals surface area (Å²) >= 11 is 0. The molecular weight excluding hydrogens is 376 g/mol. The molecule has 2 aromatic carbocycles. The van der Waals surface area contributed by atoms with Crippen LogP contribution in [0.4, 0.5) is 0 Å². The van der Waals surface area contributed by atoms with E-state index in [1.165, 1.54) is 28.6 Å². The highest BCUT2D eigenvalue weighted by atomic mass is 32.2. The Bertz CT molecular complexity index is 1090. The Kier molecular flexibility index (Phi) is 4.89. The smallest absolute Gasteiger partial charge is 0.243 e. The molecule has 0 saturated carbocycles. The molecule has 1 saturated heterocycles. The van der Waals surface area contributed by atoms with Crippen LogP contribution in [0.5, 0.6) is 0 Å². The van der Waals surface area contributed by atoms with Gasteiger partial charge in [-0.3, -0.25) is 4.90 Å². The third kappa shape index (κ3) is 3.40. The van der Waals surface area contributed by atoms with E-state index >= 15 is 0 Å². The summed E-state index contributed by atoms with van der Waals surface area (Å²) < 4.78 is 33.0. The fraction of sp³-hybridized carbons (Fsp3) is 0.300. The zero-order chi connectivity index (χ0) is 19.7. The molecule has 28 heavy (non-hydrogen) atoms. The minimum Gasteiger partial charge on any atom is -0.439 e. The first kappa shape index (κ1) is 18.6. The van der Waals surface area contributed by atoms with E-state index in [0.29, 0.717) is 37.6 Å². The van der Waals surface area contributed by atoms with Crippen LogP contribution in [-0.2, 0) is 10.0 Å². The Hall–Kier alpha value is -2.73. The number of oxazole rings is 1. The normalized spacial score (nSPS) is 17.4. The van der Waals surface area contributed by atoms with Gasteiger partial charge in [-0.2, -0.15) is 9.57 Å². The molecule has 1 aliphatic heterocycles. The van der Waals surface area contributed by atoms with Crippen molar-refractivity contribution in [1.82, 2.24) is 14.2 Å². The molecule has 8 heteroatoms. The minimum absolute atomic E-state index is 0.0350. The van der Waals surface area contributed by atoms with Crippen LogP contribution >= 0.6 is 0 Å². The average Bonchev–Trinajstić information content (AvgIpc) is 3.17. The summed E-state index contributed by atoms with van der Waals surface area (Å²) in [5, 5.41) is 8.87. The van der Waals surface area contributed by atoms with Crippen LogP contribution in [0.1, 0.15) is 24.4 Å². The lowest BCUT2D eigenvalue weighted by molar-refractivity contribution is 0.130. The summed E-state index contributed by atoms with van der Waals surface area (Å²) in [5.74, 6) is 0.643. The standard InChI is InChI=1S/C20H20N4O3S/c1-15(20-22-18-4-2-3-5-19(18)27-20)23-10-12-24(13-11-23)28(25,26)17-8-6-16(14-21)7-9-17/h2-9,15H,10-13H2,1H3. The first-order valence-corrected chi connectivity index (χ1v) is 10.5. The highest BCUT2D eigenvalue weighted by Gasteiger charge is 2.31. The van der Waals surface area contributed by atoms with Crippen LogP contribution in [0.15, 0.2) is 57.8 Å². The first-order chi connectivity index (χ1) is 13.5. The molecule has 3 aromatic rings. The number of sulfonamides is 1. The lowest BCUT2D eigenvalue weighted by atomic mass is 10.2. The number of rotatable bonds is 4. The number of nitrogens with zero attached hydrogens (tertiary/aromatic N) is 4. The van der Waals surface area contributed by atoms with Crippen LogP contribution in [0.3, 0.4) is 0 Å². The Morgan fingerprint density at radius 3 is 2.39 bits per heavy atom. The quantitative estimate of drug-likeness (QED) is 0.674. The molecule has 1 fully saturated rings. The van der Waals surface area contributed by atoms with Gasteiger partial charge in [0.1, 0.15) is 5.52 Å². The van der Waals surface area contributed by atoms with E-state index < -0.39 is 10.0 Å². The molecule has 7 nitrogen and oxygen atoms in total. The van der Waals surface area contributed by atoms with Crippen molar-refractivity contribution >= 4 is 21.1 Å². The van der Waals surface area contributed by atoms with Crippen molar-refractivity contribution < 1.29 is 12.8 Å². The molecule has 0 spiro atoms.